The summed E-state index contributed by atoms with van der Waals surface area (Å²) >= 11 is 0. The number of hydrogen-bond acceptors (Lipinski definition) is 3. The molecule has 0 radical (unpaired) electrons. The van der Waals surface area contributed by atoms with Gasteiger partial charge < -0.3 is 9.73 Å². The quantitative estimate of drug-likeness (QED) is 0.704. The second-order valence-electron chi connectivity index (χ2n) is 5.48. The highest BCUT2D eigenvalue weighted by Crippen LogP contribution is 2.27. The van der Waals surface area contributed by atoms with Gasteiger partial charge in [-0.15, -0.1) is 0 Å². The zero-order chi connectivity index (χ0) is 16.8. The number of para-hydroxylation sites is 1. The van der Waals surface area contributed by atoms with Gasteiger partial charge in [0, 0.05) is 48.3 Å². The molecule has 0 aliphatic rings. The maximum Gasteiger partial charge on any atom is 0.244 e. The molecular formula is C20H20N2O2. The summed E-state index contributed by atoms with van der Waals surface area (Å²) in [5.74, 6) is 0.784. The Bertz CT molecular complexity index is 850. The van der Waals surface area contributed by atoms with Crippen molar-refractivity contribution in [1.29, 1.82) is 0 Å². The standard InChI is InChI=1S/C20H20N2O2/c1-2-18-17(16-8-3-4-9-19(16)24-18)10-11-20(23)22-14-12-15-7-5-6-13-21-15/h3-11,13H,2,12,14H2,1H3,(H,22,23)/b11-10+. The average Bonchev–Trinajstić information content (AvgIpc) is 2.98. The topological polar surface area (TPSA) is 55.1 Å². The lowest BCUT2D eigenvalue weighted by Gasteiger charge is -2.01. The summed E-state index contributed by atoms with van der Waals surface area (Å²) < 4.78 is 5.83. The number of fused-ring (bicyclic) bond motifs is 1. The highest BCUT2D eigenvalue weighted by atomic mass is 16.3. The molecule has 1 amide bonds. The van der Waals surface area contributed by atoms with Crippen molar-refractivity contribution in [1.82, 2.24) is 10.3 Å². The van der Waals surface area contributed by atoms with E-state index in [-0.39, 0.29) is 5.91 Å². The number of aryl methyl sites for hydroxylation is 1. The minimum absolute atomic E-state index is 0.113. The summed E-state index contributed by atoms with van der Waals surface area (Å²) in [7, 11) is 0. The molecular weight excluding hydrogens is 300 g/mol. The van der Waals surface area contributed by atoms with Crippen molar-refractivity contribution in [3.8, 4) is 0 Å². The van der Waals surface area contributed by atoms with Crippen LogP contribution in [0.1, 0.15) is 23.9 Å². The van der Waals surface area contributed by atoms with Crippen LogP contribution in [0.3, 0.4) is 0 Å². The second-order valence-corrected chi connectivity index (χ2v) is 5.48. The SMILES string of the molecule is CCc1oc2ccccc2c1/C=C/C(=O)NCCc1ccccn1. The number of amides is 1. The molecule has 0 saturated carbocycles. The molecule has 24 heavy (non-hydrogen) atoms. The van der Waals surface area contributed by atoms with E-state index in [4.69, 9.17) is 4.42 Å². The number of nitrogens with zero attached hydrogens (tertiary/aromatic N) is 1. The van der Waals surface area contributed by atoms with Gasteiger partial charge in [-0.3, -0.25) is 9.78 Å². The molecule has 0 aliphatic heterocycles. The Labute approximate surface area is 141 Å². The second kappa shape index (κ2) is 7.59. The number of carbonyl (C=O) groups is 1. The molecule has 2 aromatic heterocycles. The molecule has 0 atom stereocenters. The van der Waals surface area contributed by atoms with Gasteiger partial charge in [-0.2, -0.15) is 0 Å². The largest absolute Gasteiger partial charge is 0.460 e. The van der Waals surface area contributed by atoms with Gasteiger partial charge in [0.15, 0.2) is 0 Å². The van der Waals surface area contributed by atoms with Gasteiger partial charge in [0.2, 0.25) is 5.91 Å². The number of pyridine rings is 1. The molecule has 0 unspecified atom stereocenters. The van der Waals surface area contributed by atoms with Gasteiger partial charge in [0.05, 0.1) is 0 Å². The summed E-state index contributed by atoms with van der Waals surface area (Å²) in [6, 6.07) is 13.7. The monoisotopic (exact) mass is 320 g/mol. The van der Waals surface area contributed by atoms with E-state index in [9.17, 15) is 4.79 Å². The van der Waals surface area contributed by atoms with Crippen molar-refractivity contribution in [2.75, 3.05) is 6.54 Å². The van der Waals surface area contributed by atoms with Crippen molar-refractivity contribution in [3.05, 3.63) is 71.8 Å². The predicted molar refractivity (Wildman–Crippen MR) is 95.6 cm³/mol. The third-order valence-corrected chi connectivity index (χ3v) is 3.84. The van der Waals surface area contributed by atoms with Gasteiger partial charge in [-0.05, 0) is 24.3 Å². The van der Waals surface area contributed by atoms with Crippen LogP contribution >= 0.6 is 0 Å². The number of benzene rings is 1. The van der Waals surface area contributed by atoms with Crippen LogP contribution in [-0.4, -0.2) is 17.4 Å². The molecule has 0 aliphatic carbocycles. The van der Waals surface area contributed by atoms with Crippen LogP contribution in [0, 0.1) is 0 Å². The fraction of sp³-hybridized carbons (Fsp3) is 0.200. The van der Waals surface area contributed by atoms with Crippen LogP contribution in [0.4, 0.5) is 0 Å². The van der Waals surface area contributed by atoms with Gasteiger partial charge in [0.25, 0.3) is 0 Å². The average molecular weight is 320 g/mol. The van der Waals surface area contributed by atoms with Crippen molar-refractivity contribution < 1.29 is 9.21 Å². The van der Waals surface area contributed by atoms with E-state index in [1.54, 1.807) is 12.3 Å². The van der Waals surface area contributed by atoms with E-state index in [1.807, 2.05) is 55.5 Å². The summed E-state index contributed by atoms with van der Waals surface area (Å²) in [4.78, 5) is 16.3. The fourth-order valence-corrected chi connectivity index (χ4v) is 2.64. The third-order valence-electron chi connectivity index (χ3n) is 3.84. The van der Waals surface area contributed by atoms with Crippen LogP contribution in [0.2, 0.25) is 0 Å². The molecule has 2 heterocycles. The zero-order valence-corrected chi connectivity index (χ0v) is 13.7. The van der Waals surface area contributed by atoms with Gasteiger partial charge in [0.1, 0.15) is 11.3 Å². The number of hydrogen-bond donors (Lipinski definition) is 1. The predicted octanol–water partition coefficient (Wildman–Crippen LogP) is 3.76. The highest BCUT2D eigenvalue weighted by molar-refractivity contribution is 5.96. The van der Waals surface area contributed by atoms with E-state index in [0.29, 0.717) is 6.54 Å². The first-order valence-electron chi connectivity index (χ1n) is 8.14. The lowest BCUT2D eigenvalue weighted by atomic mass is 10.1. The Balaban J connectivity index is 1.64. The van der Waals surface area contributed by atoms with Crippen LogP contribution in [0.5, 0.6) is 0 Å². The van der Waals surface area contributed by atoms with Gasteiger partial charge in [-0.1, -0.05) is 31.2 Å². The van der Waals surface area contributed by atoms with Crippen molar-refractivity contribution in [3.63, 3.8) is 0 Å². The Kier molecular flexibility index (Phi) is 5.06. The molecule has 4 nitrogen and oxygen atoms in total. The molecule has 0 bridgehead atoms. The van der Waals surface area contributed by atoms with Crippen molar-refractivity contribution in [2.24, 2.45) is 0 Å². The molecule has 0 saturated heterocycles. The minimum atomic E-state index is -0.113. The normalized spacial score (nSPS) is 11.2. The zero-order valence-electron chi connectivity index (χ0n) is 13.7. The first kappa shape index (κ1) is 16.0. The van der Waals surface area contributed by atoms with Crippen LogP contribution in [0.25, 0.3) is 17.0 Å². The number of aromatic nitrogens is 1. The Morgan fingerprint density at radius 2 is 2.04 bits per heavy atom. The highest BCUT2D eigenvalue weighted by Gasteiger charge is 2.10. The molecule has 1 N–H and O–H groups in total. The lowest BCUT2D eigenvalue weighted by Crippen LogP contribution is -2.23. The summed E-state index contributed by atoms with van der Waals surface area (Å²) in [5, 5.41) is 3.92. The number of carbonyl (C=O) groups excluding carboxylic acids is 1. The number of rotatable bonds is 6. The number of furan rings is 1. The maximum absolute atomic E-state index is 12.0. The van der Waals surface area contributed by atoms with Crippen LogP contribution < -0.4 is 5.32 Å². The van der Waals surface area contributed by atoms with Crippen LogP contribution in [0.15, 0.2) is 59.2 Å². The third kappa shape index (κ3) is 3.71. The molecule has 1 aromatic carbocycles. The summed E-state index contributed by atoms with van der Waals surface area (Å²) in [6.07, 6.45) is 6.66. The molecule has 0 spiro atoms. The van der Waals surface area contributed by atoms with E-state index in [2.05, 4.69) is 10.3 Å². The molecule has 0 fully saturated rings. The smallest absolute Gasteiger partial charge is 0.244 e. The lowest BCUT2D eigenvalue weighted by molar-refractivity contribution is -0.116. The Hall–Kier alpha value is -2.88. The van der Waals surface area contributed by atoms with E-state index in [0.717, 1.165) is 40.8 Å². The fourth-order valence-electron chi connectivity index (χ4n) is 2.64. The maximum atomic E-state index is 12.0. The summed E-state index contributed by atoms with van der Waals surface area (Å²) in [5.41, 5.74) is 2.80. The molecule has 4 heteroatoms. The van der Waals surface area contributed by atoms with Crippen LogP contribution in [-0.2, 0) is 17.6 Å². The first-order valence-corrected chi connectivity index (χ1v) is 8.14. The van der Waals surface area contributed by atoms with Crippen molar-refractivity contribution >= 4 is 23.0 Å². The van der Waals surface area contributed by atoms with E-state index >= 15 is 0 Å². The minimum Gasteiger partial charge on any atom is -0.460 e. The van der Waals surface area contributed by atoms with E-state index in [1.165, 1.54) is 0 Å². The van der Waals surface area contributed by atoms with Gasteiger partial charge >= 0.3 is 0 Å². The van der Waals surface area contributed by atoms with Crippen molar-refractivity contribution in [2.45, 2.75) is 19.8 Å². The molecule has 3 aromatic rings. The summed E-state index contributed by atoms with van der Waals surface area (Å²) in [6.45, 7) is 2.61. The Morgan fingerprint density at radius 3 is 2.83 bits per heavy atom. The molecule has 3 rings (SSSR count). The Morgan fingerprint density at radius 1 is 1.21 bits per heavy atom. The first-order chi connectivity index (χ1) is 11.8. The van der Waals surface area contributed by atoms with Gasteiger partial charge in [-0.25, -0.2) is 0 Å². The number of nitrogens with one attached hydrogen (secondary N) is 1. The van der Waals surface area contributed by atoms with E-state index < -0.39 is 0 Å². The molecule has 122 valence electrons.